The number of carbonyl (C=O) groups is 4. The molecule has 1 rings (SSSR count). The number of unbranched alkanes of at least 4 members (excludes halogenated alkanes) is 1. The Morgan fingerprint density at radius 2 is 1.64 bits per heavy atom. The molecule has 0 saturated carbocycles. The van der Waals surface area contributed by atoms with E-state index in [1.165, 1.54) is 0 Å². The van der Waals surface area contributed by atoms with Crippen molar-refractivity contribution < 1.29 is 39.1 Å². The Labute approximate surface area is 143 Å². The first-order valence-corrected chi connectivity index (χ1v) is 7.68. The number of hydrogen-bond acceptors (Lipinski definition) is 8. The summed E-state index contributed by atoms with van der Waals surface area (Å²) in [6.45, 7) is 1.75. The largest absolute Gasteiger partial charge is 0.492 e. The first-order chi connectivity index (χ1) is 11.9. The average molecular weight is 356 g/mol. The third-order valence-corrected chi connectivity index (χ3v) is 3.01. The van der Waals surface area contributed by atoms with E-state index in [-0.39, 0.29) is 38.5 Å². The molecule has 10 nitrogen and oxygen atoms in total. The van der Waals surface area contributed by atoms with E-state index in [0.29, 0.717) is 16.2 Å². The van der Waals surface area contributed by atoms with Crippen molar-refractivity contribution >= 4 is 24.3 Å². The van der Waals surface area contributed by atoms with Crippen LogP contribution >= 0.6 is 0 Å². The van der Waals surface area contributed by atoms with Gasteiger partial charge in [0.1, 0.15) is 0 Å². The van der Waals surface area contributed by atoms with Gasteiger partial charge in [0.2, 0.25) is 11.8 Å². The van der Waals surface area contributed by atoms with Crippen LogP contribution in [0.15, 0.2) is 12.1 Å². The molecule has 1 heterocycles. The van der Waals surface area contributed by atoms with Gasteiger partial charge in [0.15, 0.2) is 0 Å². The highest BCUT2D eigenvalue weighted by molar-refractivity contribution is 5.86. The average Bonchev–Trinajstić information content (AvgIpc) is 2.88. The molecule has 0 aliphatic rings. The van der Waals surface area contributed by atoms with Crippen molar-refractivity contribution in [3.63, 3.8) is 0 Å². The van der Waals surface area contributed by atoms with Crippen LogP contribution in [0.3, 0.4) is 0 Å². The first kappa shape index (κ1) is 20.0. The fraction of sp³-hybridized carbons (Fsp3) is 0.467. The standard InChI is InChI=1S/C15H20N2O8/c1-2-5-11(19)16(10-18)24-14(22)6-3-4-7-15(23)25-17-12(20)8-9-13(17)21/h8-10,20-21H,2-7H2,1H3. The Bertz CT molecular complexity index is 606. The maximum atomic E-state index is 11.6. The molecule has 0 fully saturated rings. The van der Waals surface area contributed by atoms with Crippen molar-refractivity contribution in [3.8, 4) is 11.8 Å². The maximum Gasteiger partial charge on any atom is 0.333 e. The summed E-state index contributed by atoms with van der Waals surface area (Å²) >= 11 is 0. The van der Waals surface area contributed by atoms with Crippen LogP contribution < -0.4 is 4.84 Å². The normalized spacial score (nSPS) is 10.1. The zero-order valence-corrected chi connectivity index (χ0v) is 13.7. The highest BCUT2D eigenvalue weighted by Gasteiger charge is 2.17. The third kappa shape index (κ3) is 6.53. The highest BCUT2D eigenvalue weighted by Crippen LogP contribution is 2.19. The summed E-state index contributed by atoms with van der Waals surface area (Å²) < 4.78 is 0.567. The van der Waals surface area contributed by atoms with E-state index in [1.807, 2.05) is 0 Å². The minimum Gasteiger partial charge on any atom is -0.492 e. The molecule has 0 spiro atoms. The second-order valence-electron chi connectivity index (χ2n) is 5.05. The number of hydrogen-bond donors (Lipinski definition) is 2. The molecule has 0 aliphatic heterocycles. The Hall–Kier alpha value is -3.04. The molecule has 0 unspecified atom stereocenters. The van der Waals surface area contributed by atoms with Crippen LogP contribution in [0.4, 0.5) is 0 Å². The monoisotopic (exact) mass is 356 g/mol. The lowest BCUT2D eigenvalue weighted by molar-refractivity contribution is -0.196. The van der Waals surface area contributed by atoms with Crippen molar-refractivity contribution in [2.45, 2.75) is 45.4 Å². The van der Waals surface area contributed by atoms with Gasteiger partial charge in [-0.25, -0.2) is 9.59 Å². The SMILES string of the molecule is CCCC(=O)N(C=O)OC(=O)CCCCC(=O)On1c(O)ccc1O. The fourth-order valence-corrected chi connectivity index (χ4v) is 1.79. The van der Waals surface area contributed by atoms with Gasteiger partial charge in [0.05, 0.1) is 0 Å². The van der Waals surface area contributed by atoms with E-state index in [9.17, 15) is 29.4 Å². The molecule has 138 valence electrons. The Kier molecular flexibility index (Phi) is 7.97. The van der Waals surface area contributed by atoms with Gasteiger partial charge < -0.3 is 19.9 Å². The number of aromatic hydroxyl groups is 2. The van der Waals surface area contributed by atoms with Crippen LogP contribution in [0.25, 0.3) is 0 Å². The zero-order chi connectivity index (χ0) is 18.8. The lowest BCUT2D eigenvalue weighted by atomic mass is 10.2. The molecular weight excluding hydrogens is 336 g/mol. The smallest absolute Gasteiger partial charge is 0.333 e. The third-order valence-electron chi connectivity index (χ3n) is 3.01. The van der Waals surface area contributed by atoms with E-state index in [1.54, 1.807) is 6.92 Å². The quantitative estimate of drug-likeness (QED) is 0.374. The summed E-state index contributed by atoms with van der Waals surface area (Å²) in [5.41, 5.74) is 0. The van der Waals surface area contributed by atoms with Crippen molar-refractivity contribution in [1.82, 2.24) is 9.79 Å². The molecule has 1 aromatic rings. The van der Waals surface area contributed by atoms with Gasteiger partial charge in [-0.3, -0.25) is 9.59 Å². The second kappa shape index (κ2) is 9.96. The number of amides is 2. The maximum absolute atomic E-state index is 11.6. The summed E-state index contributed by atoms with van der Waals surface area (Å²) in [5.74, 6) is -2.96. The van der Waals surface area contributed by atoms with Crippen molar-refractivity contribution in [2.24, 2.45) is 0 Å². The van der Waals surface area contributed by atoms with Gasteiger partial charge in [0, 0.05) is 31.4 Å². The molecule has 0 saturated heterocycles. The van der Waals surface area contributed by atoms with Crippen LogP contribution in [0, 0.1) is 0 Å². The van der Waals surface area contributed by atoms with E-state index in [4.69, 9.17) is 4.84 Å². The molecule has 0 aliphatic carbocycles. The van der Waals surface area contributed by atoms with Crippen LogP contribution in [0.2, 0.25) is 0 Å². The van der Waals surface area contributed by atoms with Gasteiger partial charge in [-0.15, -0.1) is 9.79 Å². The summed E-state index contributed by atoms with van der Waals surface area (Å²) in [6.07, 6.45) is 1.07. The number of aromatic nitrogens is 1. The minimum absolute atomic E-state index is 0.0729. The van der Waals surface area contributed by atoms with Crippen molar-refractivity contribution in [1.29, 1.82) is 0 Å². The summed E-state index contributed by atoms with van der Waals surface area (Å²) in [4.78, 5) is 54.6. The molecule has 2 N–H and O–H groups in total. The van der Waals surface area contributed by atoms with Crippen LogP contribution in [-0.2, 0) is 24.0 Å². The Balaban J connectivity index is 2.28. The molecule has 10 heteroatoms. The molecule has 2 amide bonds. The first-order valence-electron chi connectivity index (χ1n) is 7.68. The lowest BCUT2D eigenvalue weighted by Gasteiger charge is -2.13. The summed E-state index contributed by atoms with van der Waals surface area (Å²) in [5, 5.41) is 19.0. The van der Waals surface area contributed by atoms with Gasteiger partial charge in [-0.1, -0.05) is 6.92 Å². The number of imide groups is 1. The highest BCUT2D eigenvalue weighted by atomic mass is 16.7. The van der Waals surface area contributed by atoms with Crippen molar-refractivity contribution in [3.05, 3.63) is 12.1 Å². The van der Waals surface area contributed by atoms with Crippen LogP contribution in [0.1, 0.15) is 45.4 Å². The lowest BCUT2D eigenvalue weighted by Crippen LogP contribution is -2.32. The number of nitrogens with zero attached hydrogens (tertiary/aromatic N) is 2. The topological polar surface area (TPSA) is 135 Å². The molecule has 0 bridgehead atoms. The molecule has 0 aromatic carbocycles. The predicted molar refractivity (Wildman–Crippen MR) is 81.7 cm³/mol. The number of hydroxylamine groups is 2. The molecule has 1 aromatic heterocycles. The molecular formula is C15H20N2O8. The van der Waals surface area contributed by atoms with Crippen LogP contribution in [-0.4, -0.2) is 44.3 Å². The Morgan fingerprint density at radius 3 is 2.16 bits per heavy atom. The minimum atomic E-state index is -0.773. The second-order valence-corrected chi connectivity index (χ2v) is 5.05. The van der Waals surface area contributed by atoms with Crippen molar-refractivity contribution in [2.75, 3.05) is 0 Å². The molecule has 0 atom stereocenters. The van der Waals surface area contributed by atoms with Gasteiger partial charge in [-0.2, -0.15) is 0 Å². The zero-order valence-electron chi connectivity index (χ0n) is 13.7. The molecule has 0 radical (unpaired) electrons. The number of rotatable bonds is 9. The Morgan fingerprint density at radius 1 is 1.08 bits per heavy atom. The number of carbonyl (C=O) groups excluding carboxylic acids is 4. The summed E-state index contributed by atoms with van der Waals surface area (Å²) in [6, 6.07) is 2.30. The summed E-state index contributed by atoms with van der Waals surface area (Å²) in [7, 11) is 0. The van der Waals surface area contributed by atoms with E-state index >= 15 is 0 Å². The van der Waals surface area contributed by atoms with Gasteiger partial charge >= 0.3 is 11.9 Å². The van der Waals surface area contributed by atoms with Gasteiger partial charge in [-0.05, 0) is 19.3 Å². The fourth-order valence-electron chi connectivity index (χ4n) is 1.79. The van der Waals surface area contributed by atoms with Crippen LogP contribution in [0.5, 0.6) is 11.8 Å². The predicted octanol–water partition coefficient (Wildman–Crippen LogP) is 0.658. The van der Waals surface area contributed by atoms with E-state index in [0.717, 1.165) is 12.1 Å². The van der Waals surface area contributed by atoms with Gasteiger partial charge in [0.25, 0.3) is 12.3 Å². The molecule has 25 heavy (non-hydrogen) atoms. The van der Waals surface area contributed by atoms with E-state index in [2.05, 4.69) is 4.84 Å². The van der Waals surface area contributed by atoms with E-state index < -0.39 is 29.6 Å².